The topological polar surface area (TPSA) is 85.2 Å². The summed E-state index contributed by atoms with van der Waals surface area (Å²) in [4.78, 5) is 24.1. The summed E-state index contributed by atoms with van der Waals surface area (Å²) in [6.07, 6.45) is 3.73. The predicted octanol–water partition coefficient (Wildman–Crippen LogP) is 2.77. The van der Waals surface area contributed by atoms with Gasteiger partial charge < -0.3 is 15.4 Å². The van der Waals surface area contributed by atoms with Crippen LogP contribution in [0, 0.1) is 0 Å². The van der Waals surface area contributed by atoms with Crippen molar-refractivity contribution in [2.75, 3.05) is 0 Å². The van der Waals surface area contributed by atoms with Crippen molar-refractivity contribution in [2.24, 2.45) is 0 Å². The van der Waals surface area contributed by atoms with Crippen LogP contribution in [0.1, 0.15) is 66.5 Å². The van der Waals surface area contributed by atoms with E-state index in [4.69, 9.17) is 4.74 Å². The summed E-state index contributed by atoms with van der Waals surface area (Å²) in [7, 11) is 0. The van der Waals surface area contributed by atoms with E-state index in [0.717, 1.165) is 12.1 Å². The van der Waals surface area contributed by atoms with Gasteiger partial charge in [0.1, 0.15) is 5.60 Å². The third kappa shape index (κ3) is 7.02. The Morgan fingerprint density at radius 1 is 1.29 bits per heavy atom. The van der Waals surface area contributed by atoms with Gasteiger partial charge in [-0.05, 0) is 48.5 Å². The molecule has 0 fully saturated rings. The Labute approximate surface area is 144 Å². The number of ether oxygens (including phenoxy) is 1. The van der Waals surface area contributed by atoms with Crippen LogP contribution in [0.5, 0.6) is 0 Å². The first-order valence-corrected chi connectivity index (χ1v) is 8.25. The van der Waals surface area contributed by atoms with Gasteiger partial charge >= 0.3 is 12.0 Å². The first-order valence-electron chi connectivity index (χ1n) is 8.25. The quantitative estimate of drug-likeness (QED) is 0.781. The van der Waals surface area contributed by atoms with E-state index >= 15 is 0 Å². The smallest absolute Gasteiger partial charge is 0.315 e. The lowest BCUT2D eigenvalue weighted by molar-refractivity contribution is -0.156. The maximum Gasteiger partial charge on any atom is 0.315 e. The highest BCUT2D eigenvalue weighted by atomic mass is 16.6. The Morgan fingerprint density at radius 3 is 2.42 bits per heavy atom. The van der Waals surface area contributed by atoms with E-state index in [0.29, 0.717) is 0 Å². The third-order valence-electron chi connectivity index (χ3n) is 3.28. The maximum absolute atomic E-state index is 12.2. The highest BCUT2D eigenvalue weighted by Crippen LogP contribution is 2.15. The zero-order chi connectivity index (χ0) is 18.5. The van der Waals surface area contributed by atoms with E-state index in [2.05, 4.69) is 15.7 Å². The van der Waals surface area contributed by atoms with E-state index in [1.54, 1.807) is 24.7 Å². The first kappa shape index (κ1) is 20.0. The van der Waals surface area contributed by atoms with Gasteiger partial charge in [-0.25, -0.2) is 4.79 Å². The van der Waals surface area contributed by atoms with E-state index in [1.807, 2.05) is 40.8 Å². The minimum absolute atomic E-state index is 0.0971. The molecule has 0 spiro atoms. The van der Waals surface area contributed by atoms with E-state index < -0.39 is 11.1 Å². The number of rotatable bonds is 6. The summed E-state index contributed by atoms with van der Waals surface area (Å²) in [6, 6.07) is -0.511. The maximum atomic E-state index is 12.2. The third-order valence-corrected chi connectivity index (χ3v) is 3.28. The molecule has 0 aliphatic carbocycles. The summed E-state index contributed by atoms with van der Waals surface area (Å²) in [5, 5.41) is 9.87. The van der Waals surface area contributed by atoms with Gasteiger partial charge in [-0.2, -0.15) is 5.10 Å². The number of aryl methyl sites for hydroxylation is 1. The van der Waals surface area contributed by atoms with Crippen molar-refractivity contribution >= 4 is 12.0 Å². The van der Waals surface area contributed by atoms with Gasteiger partial charge in [0, 0.05) is 23.8 Å². The molecule has 2 N–H and O–H groups in total. The van der Waals surface area contributed by atoms with E-state index in [1.165, 1.54) is 0 Å². The number of hydrogen-bond donors (Lipinski definition) is 2. The minimum Gasteiger partial charge on any atom is -0.460 e. The molecule has 0 radical (unpaired) electrons. The average Bonchev–Trinajstić information content (AvgIpc) is 2.82. The second kappa shape index (κ2) is 7.68. The lowest BCUT2D eigenvalue weighted by Crippen LogP contribution is -2.50. The van der Waals surface area contributed by atoms with Crippen LogP contribution in [0.3, 0.4) is 0 Å². The molecule has 136 valence electrons. The zero-order valence-corrected chi connectivity index (χ0v) is 15.8. The molecular weight excluding hydrogens is 308 g/mol. The van der Waals surface area contributed by atoms with Crippen LogP contribution in [-0.4, -0.2) is 32.9 Å². The van der Waals surface area contributed by atoms with Crippen LogP contribution in [0.4, 0.5) is 4.79 Å². The average molecular weight is 338 g/mol. The molecule has 0 bridgehead atoms. The first-order chi connectivity index (χ1) is 10.9. The van der Waals surface area contributed by atoms with Gasteiger partial charge in [-0.1, -0.05) is 0 Å². The number of amides is 2. The molecular formula is C17H30N4O3. The number of hydrogen-bond acceptors (Lipinski definition) is 4. The molecule has 7 nitrogen and oxygen atoms in total. The summed E-state index contributed by atoms with van der Waals surface area (Å²) < 4.78 is 7.10. The lowest BCUT2D eigenvalue weighted by atomic mass is 10.0. The van der Waals surface area contributed by atoms with Crippen molar-refractivity contribution in [1.29, 1.82) is 0 Å². The molecule has 0 saturated heterocycles. The summed E-state index contributed by atoms with van der Waals surface area (Å²) in [5.74, 6) is -0.343. The van der Waals surface area contributed by atoms with Crippen molar-refractivity contribution in [3.63, 3.8) is 0 Å². The highest BCUT2D eigenvalue weighted by Gasteiger charge is 2.28. The van der Waals surface area contributed by atoms with Crippen LogP contribution in [0.15, 0.2) is 12.4 Å². The van der Waals surface area contributed by atoms with Crippen LogP contribution in [-0.2, 0) is 16.1 Å². The number of nitrogens with zero attached hydrogens (tertiary/aromatic N) is 2. The number of carbonyl (C=O) groups excluding carboxylic acids is 2. The van der Waals surface area contributed by atoms with Crippen LogP contribution in [0.2, 0.25) is 0 Å². The SMILES string of the molecule is CCn1cc(C(C)NC(=O)NC(C)(C)CC(=O)OC(C)(C)C)cn1. The summed E-state index contributed by atoms with van der Waals surface area (Å²) >= 11 is 0. The molecule has 1 aromatic heterocycles. The number of esters is 1. The summed E-state index contributed by atoms with van der Waals surface area (Å²) in [6.45, 7) is 13.7. The molecule has 1 unspecified atom stereocenters. The van der Waals surface area contributed by atoms with Crippen LogP contribution >= 0.6 is 0 Å². The molecule has 24 heavy (non-hydrogen) atoms. The molecule has 1 heterocycles. The lowest BCUT2D eigenvalue weighted by Gasteiger charge is -2.28. The molecule has 2 amide bonds. The van der Waals surface area contributed by atoms with Gasteiger partial charge in [0.2, 0.25) is 0 Å². The van der Waals surface area contributed by atoms with Crippen molar-refractivity contribution < 1.29 is 14.3 Å². The molecule has 0 aromatic carbocycles. The van der Waals surface area contributed by atoms with E-state index in [9.17, 15) is 9.59 Å². The Kier molecular flexibility index (Phi) is 6.40. The molecule has 1 rings (SSSR count). The normalized spacial score (nSPS) is 13.3. The van der Waals surface area contributed by atoms with Crippen LogP contribution < -0.4 is 10.6 Å². The Bertz CT molecular complexity index is 573. The Balaban J connectivity index is 2.54. The summed E-state index contributed by atoms with van der Waals surface area (Å²) in [5.41, 5.74) is -0.319. The number of aromatic nitrogens is 2. The Hall–Kier alpha value is -2.05. The second-order valence-corrected chi connectivity index (χ2v) is 7.60. The fourth-order valence-electron chi connectivity index (χ4n) is 2.18. The molecule has 0 aliphatic heterocycles. The highest BCUT2D eigenvalue weighted by molar-refractivity contribution is 5.77. The monoisotopic (exact) mass is 338 g/mol. The largest absolute Gasteiger partial charge is 0.460 e. The van der Waals surface area contributed by atoms with Crippen molar-refractivity contribution in [3.05, 3.63) is 18.0 Å². The van der Waals surface area contributed by atoms with Gasteiger partial charge in [-0.15, -0.1) is 0 Å². The number of nitrogens with one attached hydrogen (secondary N) is 2. The van der Waals surface area contributed by atoms with Gasteiger partial charge in [0.05, 0.1) is 18.7 Å². The predicted molar refractivity (Wildman–Crippen MR) is 92.5 cm³/mol. The van der Waals surface area contributed by atoms with Crippen molar-refractivity contribution in [1.82, 2.24) is 20.4 Å². The molecule has 0 aliphatic rings. The number of urea groups is 1. The van der Waals surface area contributed by atoms with Crippen molar-refractivity contribution in [3.8, 4) is 0 Å². The minimum atomic E-state index is -0.709. The Morgan fingerprint density at radius 2 is 1.92 bits per heavy atom. The van der Waals surface area contributed by atoms with Gasteiger partial charge in [0.25, 0.3) is 0 Å². The molecule has 0 saturated carbocycles. The van der Waals surface area contributed by atoms with Crippen molar-refractivity contribution in [2.45, 2.75) is 78.6 Å². The van der Waals surface area contributed by atoms with E-state index in [-0.39, 0.29) is 24.5 Å². The standard InChI is InChI=1S/C17H30N4O3/c1-8-21-11-13(10-18-21)12(2)19-15(23)20-17(6,7)9-14(22)24-16(3,4)5/h10-12H,8-9H2,1-7H3,(H2,19,20,23). The van der Waals surface area contributed by atoms with Gasteiger partial charge in [0.15, 0.2) is 0 Å². The van der Waals surface area contributed by atoms with Crippen LogP contribution in [0.25, 0.3) is 0 Å². The zero-order valence-electron chi connectivity index (χ0n) is 15.8. The molecule has 1 atom stereocenters. The molecule has 1 aromatic rings. The second-order valence-electron chi connectivity index (χ2n) is 7.60. The van der Waals surface area contributed by atoms with Gasteiger partial charge in [-0.3, -0.25) is 9.48 Å². The fraction of sp³-hybridized carbons (Fsp3) is 0.706. The fourth-order valence-corrected chi connectivity index (χ4v) is 2.18. The number of carbonyl (C=O) groups is 2. The molecule has 7 heteroatoms.